The number of carboxylic acid groups (broad SMARTS) is 1. The molecule has 1 aromatic heterocycles. The number of hydrogen-bond acceptors (Lipinski definition) is 3. The van der Waals surface area contributed by atoms with Crippen LogP contribution in [-0.2, 0) is 16.0 Å². The van der Waals surface area contributed by atoms with Crippen molar-refractivity contribution >= 4 is 17.6 Å². The summed E-state index contributed by atoms with van der Waals surface area (Å²) < 4.78 is 2.05. The Labute approximate surface area is 158 Å². The molecule has 3 rings (SSSR count). The van der Waals surface area contributed by atoms with E-state index in [0.29, 0.717) is 12.1 Å². The fraction of sp³-hybridized carbons (Fsp3) is 0.182. The van der Waals surface area contributed by atoms with Gasteiger partial charge < -0.3 is 19.8 Å². The molecule has 5 nitrogen and oxygen atoms in total. The molecule has 0 radical (unpaired) electrons. The molecule has 2 aromatic carbocycles. The lowest BCUT2D eigenvalue weighted by Gasteiger charge is -2.15. The maximum absolute atomic E-state index is 11.2. The number of nitrogens with zero attached hydrogens (tertiary/aromatic N) is 1. The van der Waals surface area contributed by atoms with Crippen LogP contribution in [0.3, 0.4) is 0 Å². The van der Waals surface area contributed by atoms with Crippen molar-refractivity contribution in [2.45, 2.75) is 26.7 Å². The van der Waals surface area contributed by atoms with Gasteiger partial charge in [0.15, 0.2) is 0 Å². The first-order valence-corrected chi connectivity index (χ1v) is 8.79. The van der Waals surface area contributed by atoms with Crippen molar-refractivity contribution in [1.29, 1.82) is 0 Å². The average Bonchev–Trinajstić information content (AvgIpc) is 3.04. The Morgan fingerprint density at radius 2 is 1.63 bits per heavy atom. The number of aromatic nitrogens is 1. The predicted octanol–water partition coefficient (Wildman–Crippen LogP) is 3.09. The van der Waals surface area contributed by atoms with E-state index in [9.17, 15) is 14.7 Å². The Hall–Kier alpha value is -3.34. The van der Waals surface area contributed by atoms with Gasteiger partial charge in [-0.15, -0.1) is 0 Å². The molecule has 0 saturated heterocycles. The number of carbonyl (C=O) groups is 2. The molecule has 0 aliphatic heterocycles. The summed E-state index contributed by atoms with van der Waals surface area (Å²) in [7, 11) is 0. The van der Waals surface area contributed by atoms with E-state index in [2.05, 4.69) is 17.4 Å². The highest BCUT2D eigenvalue weighted by Gasteiger charge is 2.12. The molecule has 0 aliphatic carbocycles. The van der Waals surface area contributed by atoms with Gasteiger partial charge in [0.1, 0.15) is 0 Å². The van der Waals surface area contributed by atoms with Crippen molar-refractivity contribution < 1.29 is 14.7 Å². The molecule has 0 unspecified atom stereocenters. The van der Waals surface area contributed by atoms with Crippen molar-refractivity contribution in [3.63, 3.8) is 0 Å². The number of anilines is 1. The lowest BCUT2D eigenvalue weighted by molar-refractivity contribution is -0.305. The zero-order valence-corrected chi connectivity index (χ0v) is 15.4. The maximum atomic E-state index is 11.2. The predicted molar refractivity (Wildman–Crippen MR) is 104 cm³/mol. The molecule has 0 bridgehead atoms. The summed E-state index contributed by atoms with van der Waals surface area (Å²) in [4.78, 5) is 22.1. The summed E-state index contributed by atoms with van der Waals surface area (Å²) in [5, 5.41) is 13.7. The number of aliphatic carboxylic acids is 1. The zero-order chi connectivity index (χ0) is 19.4. The number of amides is 1. The summed E-state index contributed by atoms with van der Waals surface area (Å²) in [5.74, 6) is -1.20. The molecular weight excluding hydrogens is 340 g/mol. The second kappa shape index (κ2) is 7.91. The molecule has 0 aliphatic rings. The molecule has 1 heterocycles. The quantitative estimate of drug-likeness (QED) is 0.733. The molecule has 5 heteroatoms. The number of benzene rings is 2. The Morgan fingerprint density at radius 3 is 2.22 bits per heavy atom. The standard InChI is InChI=1S/C22H22N2O3/c1-15-3-5-17(6-4-15)21-13-11-20(12-14-22(26)27)24(21)19-9-7-18(8-10-19)23-16(2)25/h3-11,13H,12,14H2,1-2H3,(H,23,25)(H,26,27)/p-1. The van der Waals surface area contributed by atoms with E-state index in [1.165, 1.54) is 12.5 Å². The Morgan fingerprint density at radius 1 is 0.963 bits per heavy atom. The molecule has 0 spiro atoms. The Kier molecular flexibility index (Phi) is 5.41. The third-order valence-electron chi connectivity index (χ3n) is 4.34. The van der Waals surface area contributed by atoms with E-state index >= 15 is 0 Å². The lowest BCUT2D eigenvalue weighted by atomic mass is 10.1. The van der Waals surface area contributed by atoms with Crippen LogP contribution in [0.2, 0.25) is 0 Å². The van der Waals surface area contributed by atoms with Crippen LogP contribution < -0.4 is 10.4 Å². The Balaban J connectivity index is 2.04. The minimum atomic E-state index is -1.07. The molecule has 3 aromatic rings. The van der Waals surface area contributed by atoms with Crippen LogP contribution in [0, 0.1) is 6.92 Å². The first kappa shape index (κ1) is 18.5. The number of hydrogen-bond donors (Lipinski definition) is 1. The van der Waals surface area contributed by atoms with Crippen molar-refractivity contribution in [2.75, 3.05) is 5.32 Å². The number of nitrogens with one attached hydrogen (secondary N) is 1. The summed E-state index contributed by atoms with van der Waals surface area (Å²) >= 11 is 0. The largest absolute Gasteiger partial charge is 0.550 e. The summed E-state index contributed by atoms with van der Waals surface area (Å²) in [6.07, 6.45) is 0.336. The number of carboxylic acids is 1. The van der Waals surface area contributed by atoms with Crippen LogP contribution in [0.1, 0.15) is 24.6 Å². The van der Waals surface area contributed by atoms with Gasteiger partial charge in [0, 0.05) is 30.0 Å². The van der Waals surface area contributed by atoms with Gasteiger partial charge in [-0.3, -0.25) is 4.79 Å². The van der Waals surface area contributed by atoms with Gasteiger partial charge in [-0.2, -0.15) is 0 Å². The van der Waals surface area contributed by atoms with Crippen LogP contribution in [0.25, 0.3) is 16.9 Å². The lowest BCUT2D eigenvalue weighted by Crippen LogP contribution is -2.22. The molecule has 0 fully saturated rings. The van der Waals surface area contributed by atoms with E-state index in [0.717, 1.165) is 22.6 Å². The first-order chi connectivity index (χ1) is 12.9. The van der Waals surface area contributed by atoms with Gasteiger partial charge >= 0.3 is 0 Å². The molecule has 1 N–H and O–H groups in total. The van der Waals surface area contributed by atoms with E-state index < -0.39 is 5.97 Å². The highest BCUT2D eigenvalue weighted by molar-refractivity contribution is 5.88. The summed E-state index contributed by atoms with van der Waals surface area (Å²) in [6, 6.07) is 19.6. The van der Waals surface area contributed by atoms with Crippen LogP contribution >= 0.6 is 0 Å². The Bertz CT molecular complexity index is 954. The van der Waals surface area contributed by atoms with Crippen molar-refractivity contribution in [3.8, 4) is 16.9 Å². The topological polar surface area (TPSA) is 74.2 Å². The van der Waals surface area contributed by atoms with Crippen LogP contribution in [-0.4, -0.2) is 16.4 Å². The van der Waals surface area contributed by atoms with Crippen LogP contribution in [0.15, 0.2) is 60.7 Å². The fourth-order valence-corrected chi connectivity index (χ4v) is 3.06. The minimum absolute atomic E-state index is 0.0404. The monoisotopic (exact) mass is 361 g/mol. The van der Waals surface area contributed by atoms with Gasteiger partial charge in [-0.05, 0) is 61.7 Å². The van der Waals surface area contributed by atoms with Crippen LogP contribution in [0.4, 0.5) is 5.69 Å². The second-order valence-corrected chi connectivity index (χ2v) is 6.51. The van der Waals surface area contributed by atoms with Gasteiger partial charge in [-0.25, -0.2) is 0 Å². The third-order valence-corrected chi connectivity index (χ3v) is 4.34. The zero-order valence-electron chi connectivity index (χ0n) is 15.4. The average molecular weight is 361 g/mol. The number of carbonyl (C=O) groups excluding carboxylic acids is 2. The van der Waals surface area contributed by atoms with Gasteiger partial charge in [0.25, 0.3) is 0 Å². The highest BCUT2D eigenvalue weighted by Crippen LogP contribution is 2.28. The molecule has 0 atom stereocenters. The van der Waals surface area contributed by atoms with E-state index in [1.54, 1.807) is 0 Å². The molecule has 0 saturated carbocycles. The molecular formula is C22H21N2O3-. The number of rotatable bonds is 6. The maximum Gasteiger partial charge on any atom is 0.221 e. The van der Waals surface area contributed by atoms with Crippen molar-refractivity contribution in [2.24, 2.45) is 0 Å². The van der Waals surface area contributed by atoms with Crippen LogP contribution in [0.5, 0.6) is 0 Å². The normalized spacial score (nSPS) is 10.6. The van der Waals surface area contributed by atoms with Gasteiger partial charge in [0.05, 0.1) is 5.69 Å². The molecule has 1 amide bonds. The van der Waals surface area contributed by atoms with Crippen molar-refractivity contribution in [3.05, 3.63) is 71.9 Å². The molecule has 27 heavy (non-hydrogen) atoms. The third kappa shape index (κ3) is 4.44. The smallest absolute Gasteiger partial charge is 0.221 e. The van der Waals surface area contributed by atoms with Crippen molar-refractivity contribution in [1.82, 2.24) is 4.57 Å². The fourth-order valence-electron chi connectivity index (χ4n) is 3.06. The van der Waals surface area contributed by atoms with Gasteiger partial charge in [0.2, 0.25) is 5.91 Å². The van der Waals surface area contributed by atoms with E-state index in [1.807, 2.05) is 60.0 Å². The second-order valence-electron chi connectivity index (χ2n) is 6.51. The SMILES string of the molecule is CC(=O)Nc1ccc(-n2c(CCC(=O)[O-])ccc2-c2ccc(C)cc2)cc1. The highest BCUT2D eigenvalue weighted by atomic mass is 16.4. The summed E-state index contributed by atoms with van der Waals surface area (Å²) in [6.45, 7) is 3.50. The van der Waals surface area contributed by atoms with E-state index in [4.69, 9.17) is 0 Å². The number of aryl methyl sites for hydroxylation is 2. The molecule has 138 valence electrons. The first-order valence-electron chi connectivity index (χ1n) is 8.79. The van der Waals surface area contributed by atoms with E-state index in [-0.39, 0.29) is 12.3 Å². The summed E-state index contributed by atoms with van der Waals surface area (Å²) in [5.41, 5.74) is 5.71. The van der Waals surface area contributed by atoms with Gasteiger partial charge in [-0.1, -0.05) is 29.8 Å². The minimum Gasteiger partial charge on any atom is -0.550 e.